The summed E-state index contributed by atoms with van der Waals surface area (Å²) in [5.41, 5.74) is -0.0752. The van der Waals surface area contributed by atoms with E-state index in [1.54, 1.807) is 6.08 Å². The van der Waals surface area contributed by atoms with Gasteiger partial charge in [0.15, 0.2) is 0 Å². The average molecular weight is 422 g/mol. The molecule has 0 saturated carbocycles. The Bertz CT molecular complexity index is 844. The summed E-state index contributed by atoms with van der Waals surface area (Å²) in [6.07, 6.45) is 4.33. The van der Waals surface area contributed by atoms with Crippen LogP contribution in [0.5, 0.6) is 0 Å². The maximum atomic E-state index is 13.7. The van der Waals surface area contributed by atoms with E-state index in [0.29, 0.717) is 12.2 Å². The third kappa shape index (κ3) is 4.67. The van der Waals surface area contributed by atoms with Crippen LogP contribution < -0.4 is 0 Å². The van der Waals surface area contributed by atoms with E-state index in [1.807, 2.05) is 40.8 Å². The Morgan fingerprint density at radius 3 is 2.37 bits per heavy atom. The van der Waals surface area contributed by atoms with Crippen molar-refractivity contribution in [3.05, 3.63) is 59.2 Å². The SMILES string of the molecule is CC.CC=C1N=C(OC(O)(CCC)c2cc(F)cc(F)c2)C=C2N1CC(C)(C)N2C. The highest BCUT2D eigenvalue weighted by molar-refractivity contribution is 5.90. The number of ether oxygens (including phenoxy) is 1. The van der Waals surface area contributed by atoms with Crippen molar-refractivity contribution in [2.24, 2.45) is 4.99 Å². The monoisotopic (exact) mass is 421 g/mol. The van der Waals surface area contributed by atoms with Crippen LogP contribution in [0.25, 0.3) is 0 Å². The molecule has 5 nitrogen and oxygen atoms in total. The standard InChI is InChI=1S/C21H27F2N3O2.C2H6/c1-6-8-21(27,14-9-15(22)11-16(23)10-14)28-18-12-19-25(5)20(3,4)13-26(19)17(7-2)24-18;1-2/h7,9-12,27H,6,8,13H2,1-5H3;1-2H3. The molecule has 1 fully saturated rings. The Labute approximate surface area is 178 Å². The molecule has 166 valence electrons. The fourth-order valence-electron chi connectivity index (χ4n) is 3.57. The summed E-state index contributed by atoms with van der Waals surface area (Å²) in [6, 6.07) is 2.94. The molecule has 2 heterocycles. The molecule has 0 aliphatic carbocycles. The zero-order valence-corrected chi connectivity index (χ0v) is 19.0. The van der Waals surface area contributed by atoms with Gasteiger partial charge in [-0.1, -0.05) is 20.8 Å². The Hall–Kier alpha value is -2.41. The molecular weight excluding hydrogens is 388 g/mol. The first-order valence-electron chi connectivity index (χ1n) is 10.5. The number of aliphatic hydroxyl groups is 1. The average Bonchev–Trinajstić information content (AvgIpc) is 2.91. The topological polar surface area (TPSA) is 48.3 Å². The molecule has 2 aliphatic heterocycles. The Kier molecular flexibility index (Phi) is 7.29. The molecule has 0 spiro atoms. The van der Waals surface area contributed by atoms with E-state index < -0.39 is 17.4 Å². The van der Waals surface area contributed by atoms with Crippen LogP contribution in [0.3, 0.4) is 0 Å². The summed E-state index contributed by atoms with van der Waals surface area (Å²) in [7, 11) is 1.99. The summed E-state index contributed by atoms with van der Waals surface area (Å²) >= 11 is 0. The van der Waals surface area contributed by atoms with Gasteiger partial charge in [-0.15, -0.1) is 0 Å². The quantitative estimate of drug-likeness (QED) is 0.688. The van der Waals surface area contributed by atoms with Gasteiger partial charge < -0.3 is 19.6 Å². The third-order valence-electron chi connectivity index (χ3n) is 5.26. The maximum Gasteiger partial charge on any atom is 0.236 e. The Morgan fingerprint density at radius 2 is 1.83 bits per heavy atom. The zero-order valence-electron chi connectivity index (χ0n) is 19.0. The molecule has 0 aromatic heterocycles. The molecule has 1 aromatic carbocycles. The number of allylic oxidation sites excluding steroid dienone is 1. The number of likely N-dealkylation sites (N-methyl/N-ethyl adjacent to an activating group) is 1. The van der Waals surface area contributed by atoms with Crippen LogP contribution in [0, 0.1) is 11.6 Å². The summed E-state index contributed by atoms with van der Waals surface area (Å²) in [5.74, 6) is -1.63. The lowest BCUT2D eigenvalue weighted by Gasteiger charge is -2.33. The van der Waals surface area contributed by atoms with E-state index in [2.05, 4.69) is 28.6 Å². The van der Waals surface area contributed by atoms with Crippen molar-refractivity contribution >= 4 is 5.90 Å². The lowest BCUT2D eigenvalue weighted by molar-refractivity contribution is -0.161. The molecule has 1 N–H and O–H groups in total. The number of halogens is 2. The van der Waals surface area contributed by atoms with Crippen molar-refractivity contribution in [1.29, 1.82) is 0 Å². The fraction of sp³-hybridized carbons (Fsp3) is 0.522. The smallest absolute Gasteiger partial charge is 0.236 e. The first kappa shape index (κ1) is 23.9. The molecule has 0 radical (unpaired) electrons. The molecule has 30 heavy (non-hydrogen) atoms. The second-order valence-corrected chi connectivity index (χ2v) is 7.85. The van der Waals surface area contributed by atoms with Crippen LogP contribution in [0.2, 0.25) is 0 Å². The van der Waals surface area contributed by atoms with Gasteiger partial charge in [0.05, 0.1) is 5.54 Å². The Balaban J connectivity index is 0.00000155. The van der Waals surface area contributed by atoms with E-state index in [9.17, 15) is 13.9 Å². The van der Waals surface area contributed by atoms with Crippen molar-refractivity contribution in [1.82, 2.24) is 9.80 Å². The second kappa shape index (κ2) is 9.16. The number of nitrogens with zero attached hydrogens (tertiary/aromatic N) is 3. The third-order valence-corrected chi connectivity index (χ3v) is 5.26. The van der Waals surface area contributed by atoms with Gasteiger partial charge in [-0.05, 0) is 45.4 Å². The molecule has 1 aromatic rings. The van der Waals surface area contributed by atoms with E-state index in [-0.39, 0.29) is 23.4 Å². The predicted octanol–water partition coefficient (Wildman–Crippen LogP) is 5.09. The summed E-state index contributed by atoms with van der Waals surface area (Å²) in [6.45, 7) is 12.8. The summed E-state index contributed by atoms with van der Waals surface area (Å²) < 4.78 is 33.3. The lowest BCUT2D eigenvalue weighted by atomic mass is 10.0. The van der Waals surface area contributed by atoms with Gasteiger partial charge in [0.25, 0.3) is 0 Å². The highest BCUT2D eigenvalue weighted by Gasteiger charge is 2.42. The number of fused-ring (bicyclic) bond motifs is 1. The molecule has 0 bridgehead atoms. The van der Waals surface area contributed by atoms with E-state index in [0.717, 1.165) is 30.6 Å². The Morgan fingerprint density at radius 1 is 1.23 bits per heavy atom. The van der Waals surface area contributed by atoms with Crippen molar-refractivity contribution in [3.63, 3.8) is 0 Å². The van der Waals surface area contributed by atoms with Gasteiger partial charge in [0.1, 0.15) is 23.3 Å². The first-order valence-corrected chi connectivity index (χ1v) is 10.5. The van der Waals surface area contributed by atoms with Gasteiger partial charge in [0, 0.05) is 37.7 Å². The van der Waals surface area contributed by atoms with Crippen molar-refractivity contribution in [2.75, 3.05) is 13.6 Å². The van der Waals surface area contributed by atoms with Crippen LogP contribution in [0.1, 0.15) is 59.9 Å². The van der Waals surface area contributed by atoms with Crippen LogP contribution in [0.4, 0.5) is 8.78 Å². The number of aliphatic imine (C=N–C) groups is 1. The van der Waals surface area contributed by atoms with Crippen molar-refractivity contribution in [3.8, 4) is 0 Å². The molecule has 1 atom stereocenters. The minimum absolute atomic E-state index is 0.0255. The van der Waals surface area contributed by atoms with E-state index >= 15 is 0 Å². The fourth-order valence-corrected chi connectivity index (χ4v) is 3.57. The van der Waals surface area contributed by atoms with Gasteiger partial charge in [-0.25, -0.2) is 8.78 Å². The van der Waals surface area contributed by atoms with Crippen LogP contribution >= 0.6 is 0 Å². The molecule has 1 saturated heterocycles. The highest BCUT2D eigenvalue weighted by atomic mass is 19.1. The zero-order chi connectivity index (χ0) is 22.7. The van der Waals surface area contributed by atoms with Gasteiger partial charge >= 0.3 is 0 Å². The highest BCUT2D eigenvalue weighted by Crippen LogP contribution is 2.37. The molecule has 7 heteroatoms. The second-order valence-electron chi connectivity index (χ2n) is 7.85. The molecule has 1 unspecified atom stereocenters. The van der Waals surface area contributed by atoms with Crippen molar-refractivity contribution < 1.29 is 18.6 Å². The van der Waals surface area contributed by atoms with Gasteiger partial charge in [-0.3, -0.25) is 0 Å². The minimum Gasteiger partial charge on any atom is -0.441 e. The number of hydrogen-bond donors (Lipinski definition) is 1. The largest absolute Gasteiger partial charge is 0.441 e. The summed E-state index contributed by atoms with van der Waals surface area (Å²) in [4.78, 5) is 8.71. The van der Waals surface area contributed by atoms with E-state index in [4.69, 9.17) is 4.74 Å². The van der Waals surface area contributed by atoms with Crippen LogP contribution in [-0.4, -0.2) is 39.9 Å². The maximum absolute atomic E-state index is 13.7. The van der Waals surface area contributed by atoms with E-state index in [1.165, 1.54) is 0 Å². The lowest BCUT2D eigenvalue weighted by Crippen LogP contribution is -2.36. The minimum atomic E-state index is -1.89. The predicted molar refractivity (Wildman–Crippen MR) is 115 cm³/mol. The van der Waals surface area contributed by atoms with Gasteiger partial charge in [0.2, 0.25) is 11.7 Å². The van der Waals surface area contributed by atoms with Crippen LogP contribution in [0.15, 0.2) is 47.0 Å². The summed E-state index contributed by atoms with van der Waals surface area (Å²) in [5, 5.41) is 11.1. The van der Waals surface area contributed by atoms with Crippen molar-refractivity contribution in [2.45, 2.75) is 65.7 Å². The van der Waals surface area contributed by atoms with Crippen LogP contribution in [-0.2, 0) is 10.5 Å². The molecule has 0 amide bonds. The molecule has 3 rings (SSSR count). The normalized spacial score (nSPS) is 20.7. The number of benzene rings is 1. The number of rotatable bonds is 4. The first-order chi connectivity index (χ1) is 14.1. The molecule has 2 aliphatic rings. The molecular formula is C23H33F2N3O2. The van der Waals surface area contributed by atoms with Gasteiger partial charge in [-0.2, -0.15) is 4.99 Å². The number of hydrogen-bond acceptors (Lipinski definition) is 5.